The van der Waals surface area contributed by atoms with Crippen LogP contribution in [0, 0.1) is 0 Å². The lowest BCUT2D eigenvalue weighted by Crippen LogP contribution is -1.87. The summed E-state index contributed by atoms with van der Waals surface area (Å²) in [5.74, 6) is 0.418. The molecule has 0 fully saturated rings. The number of hydrogen-bond donors (Lipinski definition) is 0. The van der Waals surface area contributed by atoms with Gasteiger partial charge in [0.25, 0.3) is 0 Å². The third-order valence-corrected chi connectivity index (χ3v) is 2.33. The fourth-order valence-electron chi connectivity index (χ4n) is 0.570. The first-order chi connectivity index (χ1) is 5.16. The van der Waals surface area contributed by atoms with Crippen molar-refractivity contribution in [3.05, 3.63) is 21.4 Å². The Morgan fingerprint density at radius 3 is 2.45 bits per heavy atom. The van der Waals surface area contributed by atoms with Gasteiger partial charge in [-0.1, -0.05) is 34.8 Å². The molecule has 0 N–H and O–H groups in total. The Bertz CT molecular complexity index is 277. The highest BCUT2D eigenvalue weighted by Crippen LogP contribution is 2.34. The van der Waals surface area contributed by atoms with Gasteiger partial charge in [-0.25, -0.2) is 4.98 Å². The van der Waals surface area contributed by atoms with Crippen LogP contribution in [0.15, 0.2) is 6.20 Å². The molecule has 60 valence electrons. The number of ether oxygens (including phenoxy) is 1. The second kappa shape index (κ2) is 3.48. The van der Waals surface area contributed by atoms with Gasteiger partial charge < -0.3 is 4.74 Å². The van der Waals surface area contributed by atoms with Crippen LogP contribution >= 0.6 is 34.8 Å². The molecule has 0 atom stereocenters. The molecule has 0 aliphatic carbocycles. The van der Waals surface area contributed by atoms with Crippen LogP contribution in [0.25, 0.3) is 0 Å². The minimum atomic E-state index is 0.178. The van der Waals surface area contributed by atoms with Crippen molar-refractivity contribution in [2.75, 3.05) is 7.11 Å². The number of rotatable bonds is 1. The van der Waals surface area contributed by atoms with Gasteiger partial charge in [0.15, 0.2) is 5.75 Å². The van der Waals surface area contributed by atoms with Crippen LogP contribution in [0.1, 0.15) is 0 Å². The van der Waals surface area contributed by atoms with Crippen LogP contribution in [0.4, 0.5) is 0 Å². The number of pyridine rings is 1. The maximum absolute atomic E-state index is 5.72. The second-order valence-electron chi connectivity index (χ2n) is 1.75. The second-order valence-corrected chi connectivity index (χ2v) is 2.86. The standard InChI is InChI=1S/C6H4Cl3NO/c1-11-3-2-10-6(9)5(8)4(3)7/h2H,1H3. The average molecular weight is 212 g/mol. The molecular weight excluding hydrogens is 208 g/mol. The molecule has 1 rings (SSSR count). The van der Waals surface area contributed by atoms with E-state index in [0.29, 0.717) is 5.75 Å². The van der Waals surface area contributed by atoms with Gasteiger partial charge in [-0.3, -0.25) is 0 Å². The lowest BCUT2D eigenvalue weighted by atomic mass is 10.4. The van der Waals surface area contributed by atoms with E-state index < -0.39 is 0 Å². The first-order valence-electron chi connectivity index (χ1n) is 2.70. The molecule has 0 saturated heterocycles. The summed E-state index contributed by atoms with van der Waals surface area (Å²) in [7, 11) is 1.48. The van der Waals surface area contributed by atoms with Crippen LogP contribution in [0.2, 0.25) is 15.2 Å². The Morgan fingerprint density at radius 1 is 1.27 bits per heavy atom. The third-order valence-electron chi connectivity index (χ3n) is 1.11. The van der Waals surface area contributed by atoms with Gasteiger partial charge in [0.1, 0.15) is 15.2 Å². The molecule has 1 heterocycles. The Balaban J connectivity index is 3.25. The van der Waals surface area contributed by atoms with E-state index in [2.05, 4.69) is 4.98 Å². The number of methoxy groups -OCH3 is 1. The molecule has 0 saturated carbocycles. The summed E-state index contributed by atoms with van der Waals surface area (Å²) in [6.07, 6.45) is 1.41. The number of aromatic nitrogens is 1. The van der Waals surface area contributed by atoms with E-state index in [1.807, 2.05) is 0 Å². The predicted octanol–water partition coefficient (Wildman–Crippen LogP) is 3.05. The highest BCUT2D eigenvalue weighted by atomic mass is 35.5. The molecule has 11 heavy (non-hydrogen) atoms. The van der Waals surface area contributed by atoms with Crippen LogP contribution in [0.3, 0.4) is 0 Å². The normalized spacial score (nSPS) is 9.82. The van der Waals surface area contributed by atoms with E-state index in [9.17, 15) is 0 Å². The molecule has 0 unspecified atom stereocenters. The first kappa shape index (κ1) is 8.91. The van der Waals surface area contributed by atoms with Crippen molar-refractivity contribution in [3.63, 3.8) is 0 Å². The highest BCUT2D eigenvalue weighted by Gasteiger charge is 2.09. The summed E-state index contributed by atoms with van der Waals surface area (Å²) in [4.78, 5) is 3.73. The van der Waals surface area contributed by atoms with Crippen molar-refractivity contribution in [2.45, 2.75) is 0 Å². The summed E-state index contributed by atoms with van der Waals surface area (Å²) in [6, 6.07) is 0. The lowest BCUT2D eigenvalue weighted by molar-refractivity contribution is 0.413. The summed E-state index contributed by atoms with van der Waals surface area (Å²) < 4.78 is 4.84. The molecule has 0 aliphatic heterocycles. The minimum Gasteiger partial charge on any atom is -0.494 e. The van der Waals surface area contributed by atoms with Crippen molar-refractivity contribution < 1.29 is 4.74 Å². The zero-order valence-electron chi connectivity index (χ0n) is 5.57. The number of nitrogens with zero attached hydrogens (tertiary/aromatic N) is 1. The minimum absolute atomic E-state index is 0.178. The van der Waals surface area contributed by atoms with Gasteiger partial charge in [0.05, 0.1) is 13.3 Å². The molecular formula is C6H4Cl3NO. The Labute approximate surface area is 79.0 Å². The molecule has 0 spiro atoms. The number of hydrogen-bond acceptors (Lipinski definition) is 2. The largest absolute Gasteiger partial charge is 0.494 e. The van der Waals surface area contributed by atoms with E-state index >= 15 is 0 Å². The van der Waals surface area contributed by atoms with Gasteiger partial charge in [-0.05, 0) is 0 Å². The van der Waals surface area contributed by atoms with Crippen molar-refractivity contribution >= 4 is 34.8 Å². The van der Waals surface area contributed by atoms with E-state index in [-0.39, 0.29) is 15.2 Å². The first-order valence-corrected chi connectivity index (χ1v) is 3.83. The molecule has 2 nitrogen and oxygen atoms in total. The van der Waals surface area contributed by atoms with Crippen LogP contribution < -0.4 is 4.74 Å². The van der Waals surface area contributed by atoms with Crippen LogP contribution in [-0.2, 0) is 0 Å². The fourth-order valence-corrected chi connectivity index (χ4v) is 1.12. The van der Waals surface area contributed by atoms with Gasteiger partial charge in [0.2, 0.25) is 0 Å². The molecule has 0 aliphatic rings. The van der Waals surface area contributed by atoms with Gasteiger partial charge in [0, 0.05) is 0 Å². The smallest absolute Gasteiger partial charge is 0.157 e. The maximum atomic E-state index is 5.72. The molecule has 0 radical (unpaired) electrons. The summed E-state index contributed by atoms with van der Waals surface area (Å²) in [5.41, 5.74) is 0. The highest BCUT2D eigenvalue weighted by molar-refractivity contribution is 6.48. The molecule has 5 heteroatoms. The Kier molecular flexibility index (Phi) is 2.82. The average Bonchev–Trinajstić information content (AvgIpc) is 2.01. The topological polar surface area (TPSA) is 22.1 Å². The SMILES string of the molecule is COc1cnc(Cl)c(Cl)c1Cl. The quantitative estimate of drug-likeness (QED) is 0.668. The van der Waals surface area contributed by atoms with Crippen LogP contribution in [-0.4, -0.2) is 12.1 Å². The number of halogens is 3. The van der Waals surface area contributed by atoms with E-state index in [1.54, 1.807) is 0 Å². The summed E-state index contributed by atoms with van der Waals surface area (Å²) in [5, 5.41) is 0.680. The molecule has 1 aromatic heterocycles. The van der Waals surface area contributed by atoms with Gasteiger partial charge in [-0.15, -0.1) is 0 Å². The Morgan fingerprint density at radius 2 is 1.91 bits per heavy atom. The third kappa shape index (κ3) is 1.70. The van der Waals surface area contributed by atoms with E-state index in [4.69, 9.17) is 39.5 Å². The van der Waals surface area contributed by atoms with Gasteiger partial charge >= 0.3 is 0 Å². The van der Waals surface area contributed by atoms with Crippen molar-refractivity contribution in [3.8, 4) is 5.75 Å². The van der Waals surface area contributed by atoms with E-state index in [1.165, 1.54) is 13.3 Å². The summed E-state index contributed by atoms with van der Waals surface area (Å²) >= 11 is 16.9. The zero-order valence-corrected chi connectivity index (χ0v) is 7.83. The van der Waals surface area contributed by atoms with Crippen molar-refractivity contribution in [1.29, 1.82) is 0 Å². The van der Waals surface area contributed by atoms with Crippen LogP contribution in [0.5, 0.6) is 5.75 Å². The lowest BCUT2D eigenvalue weighted by Gasteiger charge is -2.03. The molecule has 0 aromatic carbocycles. The zero-order chi connectivity index (χ0) is 8.43. The van der Waals surface area contributed by atoms with Crippen molar-refractivity contribution in [2.24, 2.45) is 0 Å². The fraction of sp³-hybridized carbons (Fsp3) is 0.167. The maximum Gasteiger partial charge on any atom is 0.157 e. The molecule has 0 amide bonds. The summed E-state index contributed by atoms with van der Waals surface area (Å²) in [6.45, 7) is 0. The van der Waals surface area contributed by atoms with Crippen molar-refractivity contribution in [1.82, 2.24) is 4.98 Å². The molecule has 0 bridgehead atoms. The van der Waals surface area contributed by atoms with Gasteiger partial charge in [-0.2, -0.15) is 0 Å². The predicted molar refractivity (Wildman–Crippen MR) is 45.8 cm³/mol. The Hall–Kier alpha value is -0.180. The van der Waals surface area contributed by atoms with E-state index in [0.717, 1.165) is 0 Å². The monoisotopic (exact) mass is 211 g/mol. The molecule has 1 aromatic rings.